The van der Waals surface area contributed by atoms with Gasteiger partial charge in [0.15, 0.2) is 0 Å². The van der Waals surface area contributed by atoms with E-state index < -0.39 is 0 Å². The minimum atomic E-state index is 0.493. The monoisotopic (exact) mass is 248 g/mol. The number of hydrogen-bond donors (Lipinski definition) is 2. The molecule has 1 aromatic carbocycles. The molecule has 1 atom stereocenters. The van der Waals surface area contributed by atoms with Crippen molar-refractivity contribution in [3.63, 3.8) is 0 Å². The smallest absolute Gasteiger partial charge is 0.0213 e. The molecule has 0 aromatic heterocycles. The Morgan fingerprint density at radius 1 is 0.944 bits per heavy atom. The van der Waals surface area contributed by atoms with Crippen LogP contribution in [0.2, 0.25) is 0 Å². The molecule has 0 aliphatic carbocycles. The highest BCUT2D eigenvalue weighted by molar-refractivity contribution is 5.37. The number of nitrogens with one attached hydrogen (secondary N) is 2. The molecule has 18 heavy (non-hydrogen) atoms. The van der Waals surface area contributed by atoms with Crippen LogP contribution in [0.1, 0.15) is 43.0 Å². The second-order valence-corrected chi connectivity index (χ2v) is 5.72. The van der Waals surface area contributed by atoms with Crippen molar-refractivity contribution in [1.29, 1.82) is 0 Å². The summed E-state index contributed by atoms with van der Waals surface area (Å²) in [6, 6.07) is 5.58. The third-order valence-electron chi connectivity index (χ3n) is 3.30. The number of hydrogen-bond acceptors (Lipinski definition) is 2. The Morgan fingerprint density at radius 3 is 2.00 bits per heavy atom. The maximum Gasteiger partial charge on any atom is 0.0213 e. The Hall–Kier alpha value is -0.860. The van der Waals surface area contributed by atoms with Crippen molar-refractivity contribution in [2.45, 2.75) is 60.2 Å². The predicted molar refractivity (Wildman–Crippen MR) is 80.1 cm³/mol. The molecule has 0 spiro atoms. The molecule has 0 radical (unpaired) electrons. The van der Waals surface area contributed by atoms with E-state index in [1.807, 2.05) is 0 Å². The molecule has 0 heterocycles. The normalized spacial score (nSPS) is 13.1. The molecule has 0 aliphatic heterocycles. The van der Waals surface area contributed by atoms with Crippen LogP contribution in [0.5, 0.6) is 0 Å². The average Bonchev–Trinajstić information content (AvgIpc) is 2.24. The summed E-state index contributed by atoms with van der Waals surface area (Å²) in [6.45, 7) is 15.1. The SMILES string of the molecule is Cc1cc(C)c(CNC(C)CNC(C)C)c(C)c1. The Morgan fingerprint density at radius 2 is 1.50 bits per heavy atom. The number of rotatable bonds is 6. The lowest BCUT2D eigenvalue weighted by Gasteiger charge is -2.18. The van der Waals surface area contributed by atoms with Crippen LogP contribution in [0.3, 0.4) is 0 Å². The van der Waals surface area contributed by atoms with E-state index in [0.717, 1.165) is 13.1 Å². The summed E-state index contributed by atoms with van der Waals surface area (Å²) in [6.07, 6.45) is 0. The first-order valence-electron chi connectivity index (χ1n) is 6.93. The minimum Gasteiger partial charge on any atom is -0.313 e. The van der Waals surface area contributed by atoms with E-state index in [0.29, 0.717) is 12.1 Å². The third kappa shape index (κ3) is 4.79. The lowest BCUT2D eigenvalue weighted by Crippen LogP contribution is -2.38. The second-order valence-electron chi connectivity index (χ2n) is 5.72. The van der Waals surface area contributed by atoms with Crippen molar-refractivity contribution in [3.8, 4) is 0 Å². The zero-order chi connectivity index (χ0) is 13.7. The molecule has 0 bridgehead atoms. The number of benzene rings is 1. The molecule has 0 saturated carbocycles. The largest absolute Gasteiger partial charge is 0.313 e. The molecule has 2 heteroatoms. The van der Waals surface area contributed by atoms with Crippen LogP contribution in [0.15, 0.2) is 12.1 Å². The first-order chi connectivity index (χ1) is 8.40. The van der Waals surface area contributed by atoms with Crippen LogP contribution in [0.4, 0.5) is 0 Å². The maximum absolute atomic E-state index is 3.59. The van der Waals surface area contributed by atoms with Crippen molar-refractivity contribution in [2.75, 3.05) is 6.54 Å². The van der Waals surface area contributed by atoms with Crippen molar-refractivity contribution in [2.24, 2.45) is 0 Å². The summed E-state index contributed by atoms with van der Waals surface area (Å²) in [5, 5.41) is 7.05. The van der Waals surface area contributed by atoms with Crippen LogP contribution in [0.25, 0.3) is 0 Å². The van der Waals surface area contributed by atoms with Gasteiger partial charge >= 0.3 is 0 Å². The molecule has 0 amide bonds. The number of aryl methyl sites for hydroxylation is 3. The highest BCUT2D eigenvalue weighted by Gasteiger charge is 2.06. The van der Waals surface area contributed by atoms with E-state index in [2.05, 4.69) is 64.3 Å². The molecular formula is C16H28N2. The first-order valence-corrected chi connectivity index (χ1v) is 6.93. The highest BCUT2D eigenvalue weighted by atomic mass is 15.0. The topological polar surface area (TPSA) is 24.1 Å². The molecular weight excluding hydrogens is 220 g/mol. The van der Waals surface area contributed by atoms with Crippen LogP contribution in [0, 0.1) is 20.8 Å². The van der Waals surface area contributed by atoms with Crippen LogP contribution < -0.4 is 10.6 Å². The molecule has 0 aliphatic rings. The average molecular weight is 248 g/mol. The fourth-order valence-electron chi connectivity index (χ4n) is 2.25. The fraction of sp³-hybridized carbons (Fsp3) is 0.625. The van der Waals surface area contributed by atoms with Gasteiger partial charge < -0.3 is 10.6 Å². The zero-order valence-corrected chi connectivity index (χ0v) is 12.7. The molecule has 0 saturated heterocycles. The van der Waals surface area contributed by atoms with Gasteiger partial charge in [-0.2, -0.15) is 0 Å². The van der Waals surface area contributed by atoms with E-state index in [-0.39, 0.29) is 0 Å². The van der Waals surface area contributed by atoms with Crippen LogP contribution in [-0.4, -0.2) is 18.6 Å². The lowest BCUT2D eigenvalue weighted by molar-refractivity contribution is 0.473. The van der Waals surface area contributed by atoms with Gasteiger partial charge in [-0.05, 0) is 44.4 Å². The van der Waals surface area contributed by atoms with Gasteiger partial charge in [0.2, 0.25) is 0 Å². The Kier molecular flexibility index (Phi) is 5.83. The minimum absolute atomic E-state index is 0.493. The van der Waals surface area contributed by atoms with E-state index in [1.165, 1.54) is 22.3 Å². The van der Waals surface area contributed by atoms with E-state index >= 15 is 0 Å². The van der Waals surface area contributed by atoms with Crippen LogP contribution >= 0.6 is 0 Å². The second kappa shape index (κ2) is 6.91. The highest BCUT2D eigenvalue weighted by Crippen LogP contribution is 2.16. The maximum atomic E-state index is 3.59. The summed E-state index contributed by atoms with van der Waals surface area (Å²) in [5.41, 5.74) is 5.58. The Labute approximate surface area is 112 Å². The predicted octanol–water partition coefficient (Wildman–Crippen LogP) is 3.09. The molecule has 1 unspecified atom stereocenters. The van der Waals surface area contributed by atoms with Gasteiger partial charge in [0.1, 0.15) is 0 Å². The van der Waals surface area contributed by atoms with Gasteiger partial charge in [-0.3, -0.25) is 0 Å². The zero-order valence-electron chi connectivity index (χ0n) is 12.7. The van der Waals surface area contributed by atoms with Gasteiger partial charge in [0.05, 0.1) is 0 Å². The summed E-state index contributed by atoms with van der Waals surface area (Å²) < 4.78 is 0. The Bertz CT molecular complexity index is 360. The lowest BCUT2D eigenvalue weighted by atomic mass is 9.99. The Balaban J connectivity index is 2.53. The van der Waals surface area contributed by atoms with Crippen LogP contribution in [-0.2, 0) is 6.54 Å². The van der Waals surface area contributed by atoms with Crippen molar-refractivity contribution >= 4 is 0 Å². The molecule has 2 N–H and O–H groups in total. The van der Waals surface area contributed by atoms with Gasteiger partial charge in [0, 0.05) is 25.2 Å². The van der Waals surface area contributed by atoms with E-state index in [1.54, 1.807) is 0 Å². The van der Waals surface area contributed by atoms with Crippen molar-refractivity contribution < 1.29 is 0 Å². The summed E-state index contributed by atoms with van der Waals surface area (Å²) in [4.78, 5) is 0. The molecule has 2 nitrogen and oxygen atoms in total. The quantitative estimate of drug-likeness (QED) is 0.808. The molecule has 102 valence electrons. The van der Waals surface area contributed by atoms with Gasteiger partial charge in [0.25, 0.3) is 0 Å². The molecule has 0 fully saturated rings. The van der Waals surface area contributed by atoms with Gasteiger partial charge in [-0.25, -0.2) is 0 Å². The summed E-state index contributed by atoms with van der Waals surface area (Å²) in [7, 11) is 0. The van der Waals surface area contributed by atoms with Crippen molar-refractivity contribution in [1.82, 2.24) is 10.6 Å². The van der Waals surface area contributed by atoms with Gasteiger partial charge in [-0.1, -0.05) is 31.5 Å². The summed E-state index contributed by atoms with van der Waals surface area (Å²) in [5.74, 6) is 0. The fourth-order valence-corrected chi connectivity index (χ4v) is 2.25. The standard InChI is InChI=1S/C16H28N2/c1-11(2)17-9-15(6)18-10-16-13(4)7-12(3)8-14(16)5/h7-8,11,15,17-18H,9-10H2,1-6H3. The third-order valence-corrected chi connectivity index (χ3v) is 3.30. The van der Waals surface area contributed by atoms with Crippen molar-refractivity contribution in [3.05, 3.63) is 34.4 Å². The summed E-state index contributed by atoms with van der Waals surface area (Å²) >= 11 is 0. The van der Waals surface area contributed by atoms with Gasteiger partial charge in [-0.15, -0.1) is 0 Å². The molecule has 1 rings (SSSR count). The first kappa shape index (κ1) is 15.2. The van der Waals surface area contributed by atoms with E-state index in [4.69, 9.17) is 0 Å². The van der Waals surface area contributed by atoms with E-state index in [9.17, 15) is 0 Å². The molecule has 1 aromatic rings.